The smallest absolute Gasteiger partial charge is 0.287 e. The molecular formula is C44H52N8O3S. The van der Waals surface area contributed by atoms with Crippen LogP contribution in [0.5, 0.6) is 5.75 Å². The quantitative estimate of drug-likeness (QED) is 0.0940. The van der Waals surface area contributed by atoms with E-state index in [4.69, 9.17) is 4.74 Å². The number of H-pyrrole nitrogens is 1. The molecule has 0 aliphatic heterocycles. The van der Waals surface area contributed by atoms with E-state index >= 15 is 0 Å². The lowest BCUT2D eigenvalue weighted by Gasteiger charge is -2.31. The van der Waals surface area contributed by atoms with Crippen molar-refractivity contribution in [1.82, 2.24) is 30.0 Å². The number of amides is 1. The van der Waals surface area contributed by atoms with Gasteiger partial charge in [0, 0.05) is 16.9 Å². The third kappa shape index (κ3) is 8.60. The van der Waals surface area contributed by atoms with E-state index in [-0.39, 0.29) is 22.3 Å². The summed E-state index contributed by atoms with van der Waals surface area (Å²) in [6.07, 6.45) is 1.72. The number of rotatable bonds is 15. The van der Waals surface area contributed by atoms with Crippen molar-refractivity contribution in [2.75, 3.05) is 10.6 Å². The molecule has 11 nitrogen and oxygen atoms in total. The Morgan fingerprint density at radius 1 is 0.875 bits per heavy atom. The fourth-order valence-corrected chi connectivity index (χ4v) is 7.17. The van der Waals surface area contributed by atoms with Gasteiger partial charge in [0.2, 0.25) is 5.16 Å². The van der Waals surface area contributed by atoms with Gasteiger partial charge in [-0.25, -0.2) is 4.68 Å². The van der Waals surface area contributed by atoms with Crippen LogP contribution in [-0.4, -0.2) is 42.0 Å². The Labute approximate surface area is 333 Å². The molecule has 1 amide bonds. The molecular weight excluding hydrogens is 721 g/mol. The van der Waals surface area contributed by atoms with Crippen molar-refractivity contribution in [3.05, 3.63) is 124 Å². The molecule has 0 fully saturated rings. The first-order chi connectivity index (χ1) is 26.7. The van der Waals surface area contributed by atoms with Crippen LogP contribution in [0.2, 0.25) is 0 Å². The molecule has 0 saturated carbocycles. The summed E-state index contributed by atoms with van der Waals surface area (Å²) in [5.74, 6) is 0.977. The molecule has 2 aromatic heterocycles. The average molecular weight is 773 g/mol. The van der Waals surface area contributed by atoms with Gasteiger partial charge in [0.15, 0.2) is 6.10 Å². The molecule has 0 aliphatic carbocycles. The molecule has 4 aromatic carbocycles. The number of aromatic nitrogens is 6. The van der Waals surface area contributed by atoms with Crippen LogP contribution < -0.4 is 20.9 Å². The number of carbonyl (C=O) groups excluding carboxylic acids is 1. The van der Waals surface area contributed by atoms with Crippen LogP contribution in [0.25, 0.3) is 11.4 Å². The Hall–Kier alpha value is -5.62. The van der Waals surface area contributed by atoms with E-state index in [1.807, 2.05) is 69.3 Å². The normalized spacial score (nSPS) is 12.4. The Kier molecular flexibility index (Phi) is 11.9. The maximum Gasteiger partial charge on any atom is 0.287 e. The van der Waals surface area contributed by atoms with Gasteiger partial charge >= 0.3 is 0 Å². The van der Waals surface area contributed by atoms with E-state index in [2.05, 4.69) is 91.0 Å². The maximum atomic E-state index is 14.2. The van der Waals surface area contributed by atoms with E-state index in [0.717, 1.165) is 46.7 Å². The molecule has 292 valence electrons. The zero-order valence-electron chi connectivity index (χ0n) is 33.7. The van der Waals surface area contributed by atoms with Crippen molar-refractivity contribution < 1.29 is 9.53 Å². The molecule has 3 N–H and O–H groups in total. The van der Waals surface area contributed by atoms with E-state index in [9.17, 15) is 9.59 Å². The SMILES string of the molecule is CCC(Oc1ccc(C(C)(C)CC)cc1C(C)(C)CC)C(=O)Nc1ccc(-n2[nH]c(Nc3ccc(C)cc3C)c(Sc3nnnn3-c3ccccc3)c2=O)cc1. The van der Waals surface area contributed by atoms with Gasteiger partial charge in [0.05, 0.1) is 11.4 Å². The summed E-state index contributed by atoms with van der Waals surface area (Å²) in [6, 6.07) is 29.1. The van der Waals surface area contributed by atoms with Gasteiger partial charge in [0.1, 0.15) is 16.5 Å². The second kappa shape index (κ2) is 16.6. The molecule has 0 aliphatic rings. The zero-order chi connectivity index (χ0) is 40.2. The summed E-state index contributed by atoms with van der Waals surface area (Å²) in [5, 5.41) is 22.5. The molecule has 1 unspecified atom stereocenters. The van der Waals surface area contributed by atoms with Gasteiger partial charge in [-0.05, 0) is 126 Å². The summed E-state index contributed by atoms with van der Waals surface area (Å²) in [6.45, 7) is 19.3. The average Bonchev–Trinajstić information content (AvgIpc) is 3.79. The highest BCUT2D eigenvalue weighted by molar-refractivity contribution is 7.99. The predicted molar refractivity (Wildman–Crippen MR) is 225 cm³/mol. The number of para-hydroxylation sites is 1. The third-order valence-corrected chi connectivity index (χ3v) is 11.7. The van der Waals surface area contributed by atoms with Gasteiger partial charge < -0.3 is 15.4 Å². The lowest BCUT2D eigenvalue weighted by atomic mass is 9.76. The van der Waals surface area contributed by atoms with Crippen LogP contribution in [-0.2, 0) is 15.6 Å². The van der Waals surface area contributed by atoms with Crippen molar-refractivity contribution in [3.63, 3.8) is 0 Å². The fraction of sp³-hybridized carbons (Fsp3) is 0.341. The minimum absolute atomic E-state index is 0.0232. The second-order valence-electron chi connectivity index (χ2n) is 15.4. The number of hydrogen-bond acceptors (Lipinski definition) is 8. The molecule has 0 spiro atoms. The third-order valence-electron chi connectivity index (χ3n) is 10.7. The zero-order valence-corrected chi connectivity index (χ0v) is 34.5. The first kappa shape index (κ1) is 40.1. The number of nitrogens with one attached hydrogen (secondary N) is 3. The van der Waals surface area contributed by atoms with Crippen molar-refractivity contribution in [3.8, 4) is 17.1 Å². The molecule has 1 atom stereocenters. The predicted octanol–water partition coefficient (Wildman–Crippen LogP) is 9.82. The monoisotopic (exact) mass is 772 g/mol. The fourth-order valence-electron chi connectivity index (χ4n) is 6.31. The number of carbonyl (C=O) groups is 1. The number of benzene rings is 4. The van der Waals surface area contributed by atoms with Gasteiger partial charge in [-0.2, -0.15) is 4.68 Å². The number of hydrogen-bond donors (Lipinski definition) is 3. The summed E-state index contributed by atoms with van der Waals surface area (Å²) in [5.41, 5.74) is 6.90. The number of aryl methyl sites for hydroxylation is 2. The molecule has 0 bridgehead atoms. The van der Waals surface area contributed by atoms with E-state index < -0.39 is 6.10 Å². The lowest BCUT2D eigenvalue weighted by molar-refractivity contribution is -0.122. The number of nitrogens with zero attached hydrogens (tertiary/aromatic N) is 5. The molecule has 56 heavy (non-hydrogen) atoms. The molecule has 2 heterocycles. The van der Waals surface area contributed by atoms with Gasteiger partial charge in [-0.3, -0.25) is 14.7 Å². The Morgan fingerprint density at radius 3 is 2.25 bits per heavy atom. The summed E-state index contributed by atoms with van der Waals surface area (Å²) >= 11 is 1.17. The summed E-state index contributed by atoms with van der Waals surface area (Å²) < 4.78 is 9.56. The first-order valence-electron chi connectivity index (χ1n) is 19.2. The molecule has 0 saturated heterocycles. The van der Waals surface area contributed by atoms with Crippen LogP contribution >= 0.6 is 11.8 Å². The largest absolute Gasteiger partial charge is 0.480 e. The highest BCUT2D eigenvalue weighted by atomic mass is 32.2. The van der Waals surface area contributed by atoms with Gasteiger partial charge in [0.25, 0.3) is 11.5 Å². The van der Waals surface area contributed by atoms with Gasteiger partial charge in [-0.15, -0.1) is 5.10 Å². The van der Waals surface area contributed by atoms with Crippen LogP contribution in [0.3, 0.4) is 0 Å². The summed E-state index contributed by atoms with van der Waals surface area (Å²) in [4.78, 5) is 28.2. The standard InChI is InChI=1S/C44H52N8O3S/c1-10-36(55-37-25-19-30(43(6,7)11-2)27-34(37)44(8,9)12-3)40(53)45-31-20-22-33(23-21-31)51-41(54)38(39(48-51)46-35-24-18-28(4)26-29(35)5)56-42-47-49-50-52(42)32-16-14-13-15-17-32/h13-27,36,46,48H,10-12H2,1-9H3,(H,45,53). The van der Waals surface area contributed by atoms with Crippen LogP contribution in [0.4, 0.5) is 17.2 Å². The number of tetrazole rings is 1. The molecule has 0 radical (unpaired) electrons. The number of aromatic amines is 1. The van der Waals surface area contributed by atoms with Crippen LogP contribution in [0.1, 0.15) is 90.0 Å². The van der Waals surface area contributed by atoms with Crippen molar-refractivity contribution >= 4 is 34.9 Å². The molecule has 12 heteroatoms. The Balaban J connectivity index is 1.26. The Bertz CT molecular complexity index is 2360. The van der Waals surface area contributed by atoms with Gasteiger partial charge in [-0.1, -0.05) is 96.5 Å². The number of anilines is 3. The second-order valence-corrected chi connectivity index (χ2v) is 16.4. The van der Waals surface area contributed by atoms with Crippen LogP contribution in [0.15, 0.2) is 106 Å². The Morgan fingerprint density at radius 2 is 1.59 bits per heavy atom. The molecule has 6 aromatic rings. The molecule has 6 rings (SSSR count). The van der Waals surface area contributed by atoms with E-state index in [1.54, 1.807) is 28.9 Å². The van der Waals surface area contributed by atoms with Crippen molar-refractivity contribution in [2.45, 2.75) is 109 Å². The highest BCUT2D eigenvalue weighted by Crippen LogP contribution is 2.39. The van der Waals surface area contributed by atoms with E-state index in [1.165, 1.54) is 22.0 Å². The highest BCUT2D eigenvalue weighted by Gasteiger charge is 2.29. The first-order valence-corrected chi connectivity index (χ1v) is 20.0. The van der Waals surface area contributed by atoms with Crippen LogP contribution in [0, 0.1) is 13.8 Å². The topological polar surface area (TPSA) is 132 Å². The lowest BCUT2D eigenvalue weighted by Crippen LogP contribution is -2.33. The van der Waals surface area contributed by atoms with E-state index in [0.29, 0.717) is 33.7 Å². The van der Waals surface area contributed by atoms with Crippen molar-refractivity contribution in [1.29, 1.82) is 0 Å². The summed E-state index contributed by atoms with van der Waals surface area (Å²) in [7, 11) is 0. The number of ether oxygens (including phenoxy) is 1. The minimum Gasteiger partial charge on any atom is -0.480 e. The van der Waals surface area contributed by atoms with Crippen molar-refractivity contribution in [2.24, 2.45) is 0 Å². The minimum atomic E-state index is -0.706. The maximum absolute atomic E-state index is 14.2.